The summed E-state index contributed by atoms with van der Waals surface area (Å²) < 4.78 is 0. The number of aliphatic hydroxyl groups excluding tert-OH is 1. The monoisotopic (exact) mass is 456 g/mol. The van der Waals surface area contributed by atoms with E-state index in [1.165, 1.54) is 6.20 Å². The Balaban J connectivity index is 1.58. The van der Waals surface area contributed by atoms with Crippen molar-refractivity contribution in [2.45, 2.75) is 6.92 Å². The van der Waals surface area contributed by atoms with Gasteiger partial charge in [0.05, 0.1) is 12.8 Å². The number of hydrogen-bond acceptors (Lipinski definition) is 8. The molecule has 10 nitrogen and oxygen atoms in total. The van der Waals surface area contributed by atoms with Gasteiger partial charge in [-0.25, -0.2) is 9.97 Å². The zero-order chi connectivity index (χ0) is 22.5. The summed E-state index contributed by atoms with van der Waals surface area (Å²) in [4.78, 5) is 26.2. The zero-order valence-electron chi connectivity index (χ0n) is 17.7. The second-order valence-electron chi connectivity index (χ2n) is 7.50. The Bertz CT molecular complexity index is 1060. The van der Waals surface area contributed by atoms with Crippen LogP contribution in [0, 0.1) is 6.92 Å². The van der Waals surface area contributed by atoms with Crippen molar-refractivity contribution in [2.75, 3.05) is 50.0 Å². The number of carbonyl (C=O) groups is 1. The number of β-amino-alcohol motifs (C(OH)–C–C–N with tert-alkyl or cyclic N) is 1. The molecular formula is C21H25ClN8O2. The molecule has 0 radical (unpaired) electrons. The van der Waals surface area contributed by atoms with Gasteiger partial charge in [0.25, 0.3) is 5.91 Å². The predicted octanol–water partition coefficient (Wildman–Crippen LogP) is 2.40. The van der Waals surface area contributed by atoms with Gasteiger partial charge in [-0.3, -0.25) is 14.8 Å². The third kappa shape index (κ3) is 5.34. The second kappa shape index (κ2) is 9.94. The van der Waals surface area contributed by atoms with Crippen LogP contribution in [0.3, 0.4) is 0 Å². The lowest BCUT2D eigenvalue weighted by Crippen LogP contribution is -2.49. The highest BCUT2D eigenvalue weighted by Gasteiger charge is 2.26. The van der Waals surface area contributed by atoms with Crippen LogP contribution in [0.15, 0.2) is 36.5 Å². The molecule has 0 atom stereocenters. The lowest BCUT2D eigenvalue weighted by molar-refractivity contribution is 0.0610. The molecule has 4 N–H and O–H groups in total. The fourth-order valence-corrected chi connectivity index (χ4v) is 3.57. The molecule has 1 amide bonds. The van der Waals surface area contributed by atoms with Crippen LogP contribution in [0.25, 0.3) is 0 Å². The van der Waals surface area contributed by atoms with Gasteiger partial charge >= 0.3 is 0 Å². The van der Waals surface area contributed by atoms with Gasteiger partial charge in [0.2, 0.25) is 0 Å². The van der Waals surface area contributed by atoms with Crippen molar-refractivity contribution in [1.82, 2.24) is 30.0 Å². The number of nitrogens with zero attached hydrogens (tertiary/aromatic N) is 5. The average Bonchev–Trinajstić information content (AvgIpc) is 3.20. The number of aromatic nitrogens is 4. The number of aryl methyl sites for hydroxylation is 1. The number of piperazine rings is 1. The number of hydrogen-bond donors (Lipinski definition) is 4. The Morgan fingerprint density at radius 3 is 2.56 bits per heavy atom. The number of nitrogens with one attached hydrogen (secondary N) is 3. The molecule has 0 saturated carbocycles. The molecule has 168 valence electrons. The average molecular weight is 457 g/mol. The van der Waals surface area contributed by atoms with Crippen LogP contribution in [0.5, 0.6) is 0 Å². The van der Waals surface area contributed by atoms with Crippen molar-refractivity contribution < 1.29 is 9.90 Å². The van der Waals surface area contributed by atoms with Gasteiger partial charge in [-0.1, -0.05) is 11.6 Å². The number of aliphatic hydroxyl groups is 1. The summed E-state index contributed by atoms with van der Waals surface area (Å²) in [5.41, 5.74) is 1.88. The Hall–Kier alpha value is -3.21. The van der Waals surface area contributed by atoms with Gasteiger partial charge in [0, 0.05) is 55.2 Å². The van der Waals surface area contributed by atoms with Crippen molar-refractivity contribution >= 4 is 40.6 Å². The smallest absolute Gasteiger partial charge is 0.276 e. The molecule has 4 rings (SSSR count). The maximum Gasteiger partial charge on any atom is 0.276 e. The van der Waals surface area contributed by atoms with Crippen molar-refractivity contribution in [2.24, 2.45) is 0 Å². The Morgan fingerprint density at radius 1 is 1.16 bits per heavy atom. The highest BCUT2D eigenvalue weighted by Crippen LogP contribution is 2.24. The maximum atomic E-state index is 13.3. The molecule has 1 fully saturated rings. The fourth-order valence-electron chi connectivity index (χ4n) is 3.44. The lowest BCUT2D eigenvalue weighted by Gasteiger charge is -2.34. The van der Waals surface area contributed by atoms with E-state index < -0.39 is 0 Å². The van der Waals surface area contributed by atoms with Gasteiger partial charge in [0.1, 0.15) is 0 Å². The highest BCUT2D eigenvalue weighted by atomic mass is 35.5. The molecule has 0 unspecified atom stereocenters. The first kappa shape index (κ1) is 22.0. The molecule has 0 spiro atoms. The minimum absolute atomic E-state index is 0.110. The van der Waals surface area contributed by atoms with Crippen LogP contribution in [-0.2, 0) is 0 Å². The normalized spacial score (nSPS) is 14.4. The van der Waals surface area contributed by atoms with E-state index >= 15 is 0 Å². The largest absolute Gasteiger partial charge is 0.395 e. The molecular weight excluding hydrogens is 432 g/mol. The first-order chi connectivity index (χ1) is 15.5. The number of benzene rings is 1. The van der Waals surface area contributed by atoms with Crippen molar-refractivity contribution in [1.29, 1.82) is 0 Å². The topological polar surface area (TPSA) is 122 Å². The summed E-state index contributed by atoms with van der Waals surface area (Å²) in [6, 6.07) is 8.98. The lowest BCUT2D eigenvalue weighted by atomic mass is 10.2. The molecule has 1 saturated heterocycles. The third-order valence-corrected chi connectivity index (χ3v) is 5.37. The molecule has 1 aromatic carbocycles. The molecule has 11 heteroatoms. The van der Waals surface area contributed by atoms with Crippen molar-refractivity contribution in [3.05, 3.63) is 52.9 Å². The van der Waals surface area contributed by atoms with Crippen LogP contribution in [0.2, 0.25) is 5.02 Å². The van der Waals surface area contributed by atoms with E-state index in [0.29, 0.717) is 55.2 Å². The van der Waals surface area contributed by atoms with Crippen LogP contribution in [0.4, 0.5) is 23.1 Å². The summed E-state index contributed by atoms with van der Waals surface area (Å²) in [7, 11) is 0. The van der Waals surface area contributed by atoms with Gasteiger partial charge in [-0.05, 0) is 31.2 Å². The number of H-pyrrole nitrogens is 1. The minimum atomic E-state index is -0.195. The number of carbonyl (C=O) groups excluding carboxylic acids is 1. The quantitative estimate of drug-likeness (QED) is 0.427. The number of aromatic amines is 1. The van der Waals surface area contributed by atoms with E-state index in [2.05, 4.69) is 35.7 Å². The van der Waals surface area contributed by atoms with E-state index in [0.717, 1.165) is 11.4 Å². The molecule has 1 aliphatic rings. The van der Waals surface area contributed by atoms with Crippen LogP contribution in [0.1, 0.15) is 16.2 Å². The predicted molar refractivity (Wildman–Crippen MR) is 123 cm³/mol. The van der Waals surface area contributed by atoms with Gasteiger partial charge in [-0.15, -0.1) is 0 Å². The summed E-state index contributed by atoms with van der Waals surface area (Å²) in [5.74, 6) is 1.21. The van der Waals surface area contributed by atoms with Gasteiger partial charge in [0.15, 0.2) is 23.1 Å². The summed E-state index contributed by atoms with van der Waals surface area (Å²) in [5, 5.41) is 23.0. The van der Waals surface area contributed by atoms with Gasteiger partial charge < -0.3 is 20.6 Å². The first-order valence-corrected chi connectivity index (χ1v) is 10.7. The summed E-state index contributed by atoms with van der Waals surface area (Å²) >= 11 is 5.99. The van der Waals surface area contributed by atoms with Crippen molar-refractivity contribution in [3.63, 3.8) is 0 Å². The summed E-state index contributed by atoms with van der Waals surface area (Å²) in [6.45, 7) is 5.16. The third-order valence-electron chi connectivity index (χ3n) is 5.12. The Morgan fingerprint density at radius 2 is 1.91 bits per heavy atom. The van der Waals surface area contributed by atoms with E-state index in [1.807, 2.05) is 25.1 Å². The number of anilines is 4. The first-order valence-electron chi connectivity index (χ1n) is 10.3. The van der Waals surface area contributed by atoms with Crippen LogP contribution in [-0.4, -0.2) is 80.3 Å². The maximum absolute atomic E-state index is 13.3. The van der Waals surface area contributed by atoms with Gasteiger partial charge in [-0.2, -0.15) is 5.10 Å². The summed E-state index contributed by atoms with van der Waals surface area (Å²) in [6.07, 6.45) is 1.52. The molecule has 3 aromatic rings. The number of halogens is 1. The SMILES string of the molecule is Cc1cc(Nc2cnc(C(=O)N3CCN(CCO)CC3)c(Nc3ccc(Cl)cc3)n2)n[nH]1. The van der Waals surface area contributed by atoms with E-state index in [-0.39, 0.29) is 18.2 Å². The number of amides is 1. The van der Waals surface area contributed by atoms with E-state index in [4.69, 9.17) is 16.7 Å². The van der Waals surface area contributed by atoms with Crippen molar-refractivity contribution in [3.8, 4) is 0 Å². The van der Waals surface area contributed by atoms with E-state index in [1.54, 1.807) is 17.0 Å². The fraction of sp³-hybridized carbons (Fsp3) is 0.333. The van der Waals surface area contributed by atoms with Crippen LogP contribution >= 0.6 is 11.6 Å². The standard InChI is InChI=1S/C21H25ClN8O2/c1-14-12-17(28-27-14)25-18-13-23-19(20(26-18)24-16-4-2-15(22)3-5-16)21(32)30-8-6-29(7-9-30)10-11-31/h2-5,12-13,31H,6-11H2,1H3,(H3,24,25,26,27,28). The van der Waals surface area contributed by atoms with E-state index in [9.17, 15) is 4.79 Å². The molecule has 32 heavy (non-hydrogen) atoms. The number of rotatable bonds is 7. The highest BCUT2D eigenvalue weighted by molar-refractivity contribution is 6.30. The Labute approximate surface area is 190 Å². The second-order valence-corrected chi connectivity index (χ2v) is 7.94. The Kier molecular flexibility index (Phi) is 6.84. The molecule has 0 bridgehead atoms. The molecule has 2 aromatic heterocycles. The minimum Gasteiger partial charge on any atom is -0.395 e. The molecule has 3 heterocycles. The molecule has 0 aliphatic carbocycles. The van der Waals surface area contributed by atoms with Crippen LogP contribution < -0.4 is 10.6 Å². The molecule has 1 aliphatic heterocycles. The zero-order valence-corrected chi connectivity index (χ0v) is 18.4.